The molecule has 1 saturated carbocycles. The highest BCUT2D eigenvalue weighted by Gasteiger charge is 2.32. The second kappa shape index (κ2) is 5.38. The molecule has 0 saturated heterocycles. The van der Waals surface area contributed by atoms with Crippen LogP contribution in [0.1, 0.15) is 46.5 Å². The Morgan fingerprint density at radius 1 is 1.47 bits per heavy atom. The maximum absolute atomic E-state index is 11.6. The van der Waals surface area contributed by atoms with E-state index in [-0.39, 0.29) is 17.5 Å². The van der Waals surface area contributed by atoms with E-state index in [1.807, 2.05) is 0 Å². The Hall–Kier alpha value is -1.26. The minimum Gasteiger partial charge on any atom is -0.480 e. The Bertz CT molecular complexity index is 302. The molecule has 0 radical (unpaired) electrons. The zero-order chi connectivity index (χ0) is 13.1. The van der Waals surface area contributed by atoms with Gasteiger partial charge in [0.2, 0.25) is 0 Å². The maximum Gasteiger partial charge on any atom is 0.326 e. The van der Waals surface area contributed by atoms with Crippen LogP contribution in [0.5, 0.6) is 0 Å². The number of aliphatic carboxylic acids is 1. The summed E-state index contributed by atoms with van der Waals surface area (Å²) in [5.41, 5.74) is 0.273. The van der Waals surface area contributed by atoms with Crippen LogP contribution in [-0.4, -0.2) is 29.2 Å². The molecule has 0 aromatic rings. The Morgan fingerprint density at radius 3 is 2.53 bits per heavy atom. The lowest BCUT2D eigenvalue weighted by Crippen LogP contribution is -2.48. The number of amides is 2. The summed E-state index contributed by atoms with van der Waals surface area (Å²) in [6.07, 6.45) is 3.39. The van der Waals surface area contributed by atoms with Crippen LogP contribution in [0, 0.1) is 5.41 Å². The fourth-order valence-electron chi connectivity index (χ4n) is 2.28. The van der Waals surface area contributed by atoms with Gasteiger partial charge in [-0.1, -0.05) is 20.8 Å². The number of carboxylic acid groups (broad SMARTS) is 1. The third-order valence-corrected chi connectivity index (χ3v) is 3.32. The van der Waals surface area contributed by atoms with E-state index in [0.29, 0.717) is 6.42 Å². The van der Waals surface area contributed by atoms with Crippen LogP contribution in [0.3, 0.4) is 0 Å². The van der Waals surface area contributed by atoms with Gasteiger partial charge in [0, 0.05) is 6.04 Å². The summed E-state index contributed by atoms with van der Waals surface area (Å²) in [7, 11) is 0. The van der Waals surface area contributed by atoms with E-state index in [1.165, 1.54) is 0 Å². The van der Waals surface area contributed by atoms with E-state index in [2.05, 4.69) is 24.5 Å². The largest absolute Gasteiger partial charge is 0.480 e. The van der Waals surface area contributed by atoms with Crippen LogP contribution < -0.4 is 10.6 Å². The van der Waals surface area contributed by atoms with Crippen LogP contribution in [0.4, 0.5) is 4.79 Å². The van der Waals surface area contributed by atoms with Crippen LogP contribution in [0.15, 0.2) is 0 Å². The lowest BCUT2D eigenvalue weighted by atomic mass is 9.92. The zero-order valence-corrected chi connectivity index (χ0v) is 10.7. The van der Waals surface area contributed by atoms with Crippen molar-refractivity contribution in [1.29, 1.82) is 0 Å². The molecular weight excluding hydrogens is 220 g/mol. The van der Waals surface area contributed by atoms with Gasteiger partial charge in [-0.2, -0.15) is 0 Å². The number of urea groups is 1. The number of hydrogen-bond donors (Lipinski definition) is 3. The first-order chi connectivity index (χ1) is 7.84. The summed E-state index contributed by atoms with van der Waals surface area (Å²) >= 11 is 0. The molecular formula is C12H22N2O3. The van der Waals surface area contributed by atoms with Crippen molar-refractivity contribution >= 4 is 12.0 Å². The molecule has 5 nitrogen and oxygen atoms in total. The van der Waals surface area contributed by atoms with Gasteiger partial charge >= 0.3 is 12.0 Å². The summed E-state index contributed by atoms with van der Waals surface area (Å²) in [6.45, 7) is 6.09. The average Bonchev–Trinajstić information content (AvgIpc) is 2.54. The molecule has 0 aromatic heterocycles. The van der Waals surface area contributed by atoms with Gasteiger partial charge in [0.25, 0.3) is 0 Å². The Balaban J connectivity index is 2.37. The highest BCUT2D eigenvalue weighted by molar-refractivity contribution is 5.82. The van der Waals surface area contributed by atoms with Crippen molar-refractivity contribution < 1.29 is 14.7 Å². The zero-order valence-electron chi connectivity index (χ0n) is 10.7. The van der Waals surface area contributed by atoms with Gasteiger partial charge in [0.15, 0.2) is 0 Å². The molecule has 17 heavy (non-hydrogen) atoms. The smallest absolute Gasteiger partial charge is 0.326 e. The number of hydrogen-bond acceptors (Lipinski definition) is 2. The number of nitrogens with one attached hydrogen (secondary N) is 2. The second-order valence-electron chi connectivity index (χ2n) is 5.52. The molecule has 5 heteroatoms. The predicted molar refractivity (Wildman–Crippen MR) is 64.8 cm³/mol. The summed E-state index contributed by atoms with van der Waals surface area (Å²) in [6, 6.07) is -1.01. The van der Waals surface area contributed by atoms with Gasteiger partial charge in [-0.25, -0.2) is 9.59 Å². The van der Waals surface area contributed by atoms with Crippen molar-refractivity contribution in [3.8, 4) is 0 Å². The molecule has 3 N–H and O–H groups in total. The first-order valence-electron chi connectivity index (χ1n) is 6.14. The average molecular weight is 242 g/mol. The second-order valence-corrected chi connectivity index (χ2v) is 5.52. The summed E-state index contributed by atoms with van der Waals surface area (Å²) in [5.74, 6) is -0.991. The Kier molecular flexibility index (Phi) is 4.37. The molecule has 1 unspecified atom stereocenters. The predicted octanol–water partition coefficient (Wildman–Crippen LogP) is 1.73. The van der Waals surface area contributed by atoms with Gasteiger partial charge in [0.1, 0.15) is 6.04 Å². The van der Waals surface area contributed by atoms with E-state index >= 15 is 0 Å². The molecule has 0 bridgehead atoms. The molecule has 1 rings (SSSR count). The van der Waals surface area contributed by atoms with Gasteiger partial charge in [-0.05, 0) is 31.1 Å². The van der Waals surface area contributed by atoms with E-state index in [0.717, 1.165) is 19.3 Å². The molecule has 0 aromatic carbocycles. The first-order valence-corrected chi connectivity index (χ1v) is 6.14. The van der Waals surface area contributed by atoms with E-state index in [9.17, 15) is 9.59 Å². The molecule has 1 aliphatic rings. The van der Waals surface area contributed by atoms with Crippen LogP contribution in [0.25, 0.3) is 0 Å². The minimum atomic E-state index is -0.991. The first kappa shape index (κ1) is 13.8. The number of carboxylic acids is 1. The van der Waals surface area contributed by atoms with Crippen molar-refractivity contribution in [3.63, 3.8) is 0 Å². The topological polar surface area (TPSA) is 78.4 Å². The SMILES string of the molecule is CC[C@H](NC(=O)NC1CCC(C)(C)C1)C(=O)O. The summed E-state index contributed by atoms with van der Waals surface area (Å²) in [4.78, 5) is 22.4. The highest BCUT2D eigenvalue weighted by Crippen LogP contribution is 2.36. The molecule has 0 spiro atoms. The fourth-order valence-corrected chi connectivity index (χ4v) is 2.28. The van der Waals surface area contributed by atoms with Crippen molar-refractivity contribution in [2.24, 2.45) is 5.41 Å². The third kappa shape index (κ3) is 4.24. The van der Waals surface area contributed by atoms with Crippen LogP contribution >= 0.6 is 0 Å². The molecule has 0 heterocycles. The minimum absolute atomic E-state index is 0.163. The van der Waals surface area contributed by atoms with Gasteiger partial charge in [0.05, 0.1) is 0 Å². The van der Waals surface area contributed by atoms with Crippen molar-refractivity contribution in [2.75, 3.05) is 0 Å². The quantitative estimate of drug-likeness (QED) is 0.702. The normalized spacial score (nSPS) is 24.1. The van der Waals surface area contributed by atoms with Crippen molar-refractivity contribution in [1.82, 2.24) is 10.6 Å². The van der Waals surface area contributed by atoms with Crippen LogP contribution in [0.2, 0.25) is 0 Å². The summed E-state index contributed by atoms with van der Waals surface area (Å²) < 4.78 is 0. The van der Waals surface area contributed by atoms with Crippen LogP contribution in [-0.2, 0) is 4.79 Å². The van der Waals surface area contributed by atoms with E-state index in [4.69, 9.17) is 5.11 Å². The van der Waals surface area contributed by atoms with Gasteiger partial charge in [-0.15, -0.1) is 0 Å². The molecule has 1 aliphatic carbocycles. The van der Waals surface area contributed by atoms with E-state index < -0.39 is 12.0 Å². The molecule has 2 atom stereocenters. The van der Waals surface area contributed by atoms with Crippen molar-refractivity contribution in [2.45, 2.75) is 58.5 Å². The molecule has 1 fully saturated rings. The lowest BCUT2D eigenvalue weighted by Gasteiger charge is -2.19. The molecule has 98 valence electrons. The van der Waals surface area contributed by atoms with Gasteiger partial charge in [-0.3, -0.25) is 0 Å². The maximum atomic E-state index is 11.6. The Labute approximate surface area is 102 Å². The third-order valence-electron chi connectivity index (χ3n) is 3.32. The van der Waals surface area contributed by atoms with Crippen molar-refractivity contribution in [3.05, 3.63) is 0 Å². The standard InChI is InChI=1S/C12H22N2O3/c1-4-9(10(15)16)14-11(17)13-8-5-6-12(2,3)7-8/h8-9H,4-7H2,1-3H3,(H,15,16)(H2,13,14,17)/t8?,9-/m0/s1. The summed E-state index contributed by atoms with van der Waals surface area (Å²) in [5, 5.41) is 14.1. The Morgan fingerprint density at radius 2 is 2.12 bits per heavy atom. The number of carbonyl (C=O) groups excluding carboxylic acids is 1. The van der Waals surface area contributed by atoms with Gasteiger partial charge < -0.3 is 15.7 Å². The monoisotopic (exact) mass is 242 g/mol. The number of rotatable bonds is 4. The lowest BCUT2D eigenvalue weighted by molar-refractivity contribution is -0.139. The molecule has 2 amide bonds. The van der Waals surface area contributed by atoms with E-state index in [1.54, 1.807) is 6.92 Å². The highest BCUT2D eigenvalue weighted by atomic mass is 16.4. The number of carbonyl (C=O) groups is 2. The molecule has 0 aliphatic heterocycles. The fraction of sp³-hybridized carbons (Fsp3) is 0.833.